The van der Waals surface area contributed by atoms with E-state index in [-0.39, 0.29) is 17.7 Å². The summed E-state index contributed by atoms with van der Waals surface area (Å²) in [5, 5.41) is 8.73. The van der Waals surface area contributed by atoms with Crippen LogP contribution >= 0.6 is 0 Å². The fraction of sp³-hybridized carbons (Fsp3) is 0.857. The normalized spacial score (nSPS) is 18.3. The summed E-state index contributed by atoms with van der Waals surface area (Å²) < 4.78 is 0. The van der Waals surface area contributed by atoms with Crippen LogP contribution in [0.4, 0.5) is 0 Å². The van der Waals surface area contributed by atoms with Crippen molar-refractivity contribution in [1.82, 2.24) is 4.90 Å². The molecule has 0 heterocycles. The molecule has 0 unspecified atom stereocenters. The summed E-state index contributed by atoms with van der Waals surface area (Å²) in [7, 11) is 0. The number of amides is 1. The third kappa shape index (κ3) is 3.47. The average molecular weight is 255 g/mol. The molecule has 1 rings (SSSR count). The minimum atomic E-state index is -0.838. The Labute approximate surface area is 109 Å². The van der Waals surface area contributed by atoms with Crippen LogP contribution in [-0.4, -0.2) is 35.0 Å². The maximum Gasteiger partial charge on any atom is 0.305 e. The van der Waals surface area contributed by atoms with E-state index in [0.29, 0.717) is 13.1 Å². The zero-order chi connectivity index (χ0) is 13.6. The van der Waals surface area contributed by atoms with Gasteiger partial charge in [0.15, 0.2) is 0 Å². The maximum atomic E-state index is 12.6. The van der Waals surface area contributed by atoms with Gasteiger partial charge in [0.25, 0.3) is 0 Å². The number of carbonyl (C=O) groups is 2. The van der Waals surface area contributed by atoms with E-state index >= 15 is 0 Å². The van der Waals surface area contributed by atoms with Gasteiger partial charge in [-0.1, -0.05) is 26.2 Å². The van der Waals surface area contributed by atoms with Gasteiger partial charge in [-0.2, -0.15) is 0 Å². The van der Waals surface area contributed by atoms with Gasteiger partial charge in [-0.05, 0) is 26.2 Å². The molecule has 0 aromatic rings. The first-order valence-electron chi connectivity index (χ1n) is 7.07. The van der Waals surface area contributed by atoms with Gasteiger partial charge in [0, 0.05) is 18.5 Å². The molecule has 1 amide bonds. The van der Waals surface area contributed by atoms with Crippen molar-refractivity contribution in [3.05, 3.63) is 0 Å². The van der Waals surface area contributed by atoms with Crippen molar-refractivity contribution in [3.8, 4) is 0 Å². The molecule has 0 saturated heterocycles. The van der Waals surface area contributed by atoms with Crippen molar-refractivity contribution in [3.63, 3.8) is 0 Å². The molecule has 0 aliphatic heterocycles. The summed E-state index contributed by atoms with van der Waals surface area (Å²) in [6.07, 6.45) is 6.30. The largest absolute Gasteiger partial charge is 0.481 e. The molecule has 1 aliphatic rings. The minimum absolute atomic E-state index is 0.0410. The molecule has 1 saturated carbocycles. The fourth-order valence-electron chi connectivity index (χ4n) is 2.92. The van der Waals surface area contributed by atoms with Crippen LogP contribution in [0, 0.1) is 5.41 Å². The van der Waals surface area contributed by atoms with Crippen LogP contribution in [0.1, 0.15) is 58.8 Å². The second kappa shape index (κ2) is 6.76. The second-order valence-corrected chi connectivity index (χ2v) is 5.22. The number of nitrogens with zero attached hydrogens (tertiary/aromatic N) is 1. The smallest absolute Gasteiger partial charge is 0.305 e. The van der Waals surface area contributed by atoms with Gasteiger partial charge in [-0.3, -0.25) is 9.59 Å². The lowest BCUT2D eigenvalue weighted by Gasteiger charge is -2.39. The van der Waals surface area contributed by atoms with Gasteiger partial charge in [0.05, 0.1) is 6.42 Å². The Hall–Kier alpha value is -1.06. The predicted octanol–water partition coefficient (Wildman–Crippen LogP) is 2.67. The van der Waals surface area contributed by atoms with Crippen LogP contribution in [0.2, 0.25) is 0 Å². The zero-order valence-corrected chi connectivity index (χ0v) is 11.6. The fourth-order valence-corrected chi connectivity index (χ4v) is 2.92. The zero-order valence-electron chi connectivity index (χ0n) is 11.6. The summed E-state index contributed by atoms with van der Waals surface area (Å²) in [5.41, 5.74) is -0.216. The molecule has 0 atom stereocenters. The summed E-state index contributed by atoms with van der Waals surface area (Å²) in [4.78, 5) is 25.0. The first-order valence-corrected chi connectivity index (χ1v) is 7.07. The van der Waals surface area contributed by atoms with Gasteiger partial charge in [0.1, 0.15) is 0 Å². The quantitative estimate of drug-likeness (QED) is 0.793. The Morgan fingerprint density at radius 1 is 1.17 bits per heavy atom. The third-order valence-corrected chi connectivity index (χ3v) is 4.21. The molecule has 0 radical (unpaired) electrons. The van der Waals surface area contributed by atoms with E-state index in [2.05, 4.69) is 6.92 Å². The summed E-state index contributed by atoms with van der Waals surface area (Å²) >= 11 is 0. The number of carboxylic acid groups (broad SMARTS) is 1. The molecule has 1 fully saturated rings. The van der Waals surface area contributed by atoms with Crippen LogP contribution in [0.5, 0.6) is 0 Å². The summed E-state index contributed by atoms with van der Waals surface area (Å²) in [5.74, 6) is -0.663. The SMILES string of the molecule is CCN(CCC(=O)O)C(=O)C1(CC)CCCCC1. The van der Waals surface area contributed by atoms with Crippen LogP contribution < -0.4 is 0 Å². The van der Waals surface area contributed by atoms with E-state index in [1.54, 1.807) is 4.90 Å². The number of hydrogen-bond acceptors (Lipinski definition) is 2. The molecule has 4 nitrogen and oxygen atoms in total. The number of aliphatic carboxylic acids is 1. The Bertz CT molecular complexity index is 295. The van der Waals surface area contributed by atoms with Crippen LogP contribution in [0.15, 0.2) is 0 Å². The van der Waals surface area contributed by atoms with E-state index < -0.39 is 5.97 Å². The topological polar surface area (TPSA) is 57.6 Å². The highest BCUT2D eigenvalue weighted by molar-refractivity contribution is 5.83. The monoisotopic (exact) mass is 255 g/mol. The molecule has 0 aromatic heterocycles. The first kappa shape index (κ1) is 15.0. The molecule has 0 bridgehead atoms. The lowest BCUT2D eigenvalue weighted by Crippen LogP contribution is -2.45. The van der Waals surface area contributed by atoms with Crippen molar-refractivity contribution >= 4 is 11.9 Å². The highest BCUT2D eigenvalue weighted by Crippen LogP contribution is 2.40. The molecule has 104 valence electrons. The minimum Gasteiger partial charge on any atom is -0.481 e. The number of carboxylic acids is 1. The van der Waals surface area contributed by atoms with E-state index in [1.165, 1.54) is 6.42 Å². The van der Waals surface area contributed by atoms with E-state index in [9.17, 15) is 9.59 Å². The van der Waals surface area contributed by atoms with Crippen molar-refractivity contribution in [1.29, 1.82) is 0 Å². The molecule has 18 heavy (non-hydrogen) atoms. The van der Waals surface area contributed by atoms with Gasteiger partial charge in [0.2, 0.25) is 5.91 Å². The molecule has 0 aromatic carbocycles. The molecule has 1 aliphatic carbocycles. The van der Waals surface area contributed by atoms with Crippen molar-refractivity contribution < 1.29 is 14.7 Å². The van der Waals surface area contributed by atoms with Crippen LogP contribution in [0.25, 0.3) is 0 Å². The van der Waals surface area contributed by atoms with E-state index in [1.807, 2.05) is 6.92 Å². The first-order chi connectivity index (χ1) is 8.55. The van der Waals surface area contributed by atoms with Crippen molar-refractivity contribution in [2.24, 2.45) is 5.41 Å². The van der Waals surface area contributed by atoms with Crippen molar-refractivity contribution in [2.45, 2.75) is 58.8 Å². The predicted molar refractivity (Wildman–Crippen MR) is 70.3 cm³/mol. The Morgan fingerprint density at radius 3 is 2.22 bits per heavy atom. The number of hydrogen-bond donors (Lipinski definition) is 1. The lowest BCUT2D eigenvalue weighted by atomic mass is 9.71. The highest BCUT2D eigenvalue weighted by Gasteiger charge is 2.39. The van der Waals surface area contributed by atoms with Gasteiger partial charge in [-0.15, -0.1) is 0 Å². The molecule has 4 heteroatoms. The number of rotatable bonds is 6. The summed E-state index contributed by atoms with van der Waals surface area (Å²) in [6.45, 7) is 4.94. The Morgan fingerprint density at radius 2 is 1.78 bits per heavy atom. The van der Waals surface area contributed by atoms with Gasteiger partial charge >= 0.3 is 5.97 Å². The van der Waals surface area contributed by atoms with Crippen LogP contribution in [0.3, 0.4) is 0 Å². The van der Waals surface area contributed by atoms with Gasteiger partial charge in [-0.25, -0.2) is 0 Å². The molecule has 1 N–H and O–H groups in total. The summed E-state index contributed by atoms with van der Waals surface area (Å²) in [6, 6.07) is 0. The lowest BCUT2D eigenvalue weighted by molar-refractivity contribution is -0.145. The average Bonchev–Trinajstić information content (AvgIpc) is 2.39. The molecular weight excluding hydrogens is 230 g/mol. The van der Waals surface area contributed by atoms with E-state index in [4.69, 9.17) is 5.11 Å². The second-order valence-electron chi connectivity index (χ2n) is 5.22. The molecule has 0 spiro atoms. The van der Waals surface area contributed by atoms with E-state index in [0.717, 1.165) is 32.1 Å². The van der Waals surface area contributed by atoms with Gasteiger partial charge < -0.3 is 10.0 Å². The Balaban J connectivity index is 2.70. The molecular formula is C14H25NO3. The van der Waals surface area contributed by atoms with Crippen molar-refractivity contribution in [2.75, 3.05) is 13.1 Å². The highest BCUT2D eigenvalue weighted by atomic mass is 16.4. The standard InChI is InChI=1S/C14H25NO3/c1-3-14(9-6-5-7-10-14)13(18)15(4-2)11-8-12(16)17/h3-11H2,1-2H3,(H,16,17). The van der Waals surface area contributed by atoms with Crippen LogP contribution in [-0.2, 0) is 9.59 Å². The Kier molecular flexibility index (Phi) is 5.63. The third-order valence-electron chi connectivity index (χ3n) is 4.21. The maximum absolute atomic E-state index is 12.6. The number of carbonyl (C=O) groups excluding carboxylic acids is 1.